The van der Waals surface area contributed by atoms with Crippen LogP contribution >= 0.6 is 0 Å². The van der Waals surface area contributed by atoms with Crippen molar-refractivity contribution in [3.8, 4) is 5.75 Å². The lowest BCUT2D eigenvalue weighted by atomic mass is 10.0. The zero-order chi connectivity index (χ0) is 16.2. The quantitative estimate of drug-likeness (QED) is 0.912. The lowest BCUT2D eigenvalue weighted by Crippen LogP contribution is -2.46. The molecule has 0 spiro atoms. The second-order valence-electron chi connectivity index (χ2n) is 6.12. The van der Waals surface area contributed by atoms with Crippen LogP contribution in [0.4, 0.5) is 0 Å². The zero-order valence-corrected chi connectivity index (χ0v) is 13.6. The SMILES string of the molecule is COc1ccccc1C1=NOC(C(=O)NC2CCN(C)CC2)C1. The van der Waals surface area contributed by atoms with Gasteiger partial charge in [0.05, 0.1) is 12.8 Å². The van der Waals surface area contributed by atoms with Gasteiger partial charge in [0.2, 0.25) is 6.10 Å². The van der Waals surface area contributed by atoms with Crippen molar-refractivity contribution in [2.24, 2.45) is 5.16 Å². The molecule has 3 rings (SSSR count). The number of likely N-dealkylation sites (tertiary alicyclic amines) is 1. The first-order valence-corrected chi connectivity index (χ1v) is 8.02. The molecule has 0 radical (unpaired) electrons. The lowest BCUT2D eigenvalue weighted by molar-refractivity contribution is -0.132. The van der Waals surface area contributed by atoms with Gasteiger partial charge in [-0.25, -0.2) is 0 Å². The first-order valence-electron chi connectivity index (χ1n) is 8.02. The minimum absolute atomic E-state index is 0.0757. The molecule has 1 aromatic rings. The summed E-state index contributed by atoms with van der Waals surface area (Å²) in [6.07, 6.45) is 1.89. The van der Waals surface area contributed by atoms with Crippen LogP contribution in [0, 0.1) is 0 Å². The van der Waals surface area contributed by atoms with Gasteiger partial charge in [-0.1, -0.05) is 17.3 Å². The summed E-state index contributed by atoms with van der Waals surface area (Å²) in [6.45, 7) is 2.03. The van der Waals surface area contributed by atoms with Crippen LogP contribution in [0.2, 0.25) is 0 Å². The molecule has 1 N–H and O–H groups in total. The number of benzene rings is 1. The van der Waals surface area contributed by atoms with Gasteiger partial charge in [-0.05, 0) is 45.1 Å². The molecule has 2 aliphatic rings. The second-order valence-corrected chi connectivity index (χ2v) is 6.12. The monoisotopic (exact) mass is 317 g/mol. The summed E-state index contributed by atoms with van der Waals surface area (Å²) in [5.41, 5.74) is 1.63. The molecule has 0 saturated carbocycles. The van der Waals surface area contributed by atoms with Gasteiger partial charge in [0.25, 0.3) is 5.91 Å². The molecule has 0 aliphatic carbocycles. The minimum Gasteiger partial charge on any atom is -0.496 e. The van der Waals surface area contributed by atoms with E-state index < -0.39 is 6.10 Å². The van der Waals surface area contributed by atoms with E-state index in [2.05, 4.69) is 22.4 Å². The number of carbonyl (C=O) groups is 1. The molecule has 1 fully saturated rings. The van der Waals surface area contributed by atoms with Crippen LogP contribution in [0.15, 0.2) is 29.4 Å². The average Bonchev–Trinajstić information content (AvgIpc) is 3.07. The zero-order valence-electron chi connectivity index (χ0n) is 13.6. The number of oxime groups is 1. The summed E-state index contributed by atoms with van der Waals surface area (Å²) in [4.78, 5) is 20.0. The van der Waals surface area contributed by atoms with Crippen molar-refractivity contribution in [1.82, 2.24) is 10.2 Å². The molecule has 2 aliphatic heterocycles. The molecule has 0 aromatic heterocycles. The van der Waals surface area contributed by atoms with Gasteiger partial charge < -0.3 is 19.8 Å². The molecular weight excluding hydrogens is 294 g/mol. The van der Waals surface area contributed by atoms with Crippen molar-refractivity contribution in [3.63, 3.8) is 0 Å². The predicted octanol–water partition coefficient (Wildman–Crippen LogP) is 1.40. The molecule has 23 heavy (non-hydrogen) atoms. The van der Waals surface area contributed by atoms with Gasteiger partial charge in [0, 0.05) is 18.0 Å². The highest BCUT2D eigenvalue weighted by Gasteiger charge is 2.31. The Morgan fingerprint density at radius 3 is 2.83 bits per heavy atom. The van der Waals surface area contributed by atoms with Crippen molar-refractivity contribution < 1.29 is 14.4 Å². The Kier molecular flexibility index (Phi) is 4.81. The summed E-state index contributed by atoms with van der Waals surface area (Å²) < 4.78 is 5.34. The van der Waals surface area contributed by atoms with E-state index in [9.17, 15) is 4.79 Å². The molecule has 6 heteroatoms. The minimum atomic E-state index is -0.547. The number of hydrogen-bond donors (Lipinski definition) is 1. The fourth-order valence-corrected chi connectivity index (χ4v) is 3.01. The molecule has 2 heterocycles. The summed E-state index contributed by atoms with van der Waals surface area (Å²) in [5, 5.41) is 7.18. The van der Waals surface area contributed by atoms with Crippen LogP contribution in [0.1, 0.15) is 24.8 Å². The molecule has 1 saturated heterocycles. The Balaban J connectivity index is 1.57. The first kappa shape index (κ1) is 15.8. The smallest absolute Gasteiger partial charge is 0.264 e. The Hall–Kier alpha value is -2.08. The van der Waals surface area contributed by atoms with Crippen molar-refractivity contribution in [1.29, 1.82) is 0 Å². The Labute approximate surface area is 136 Å². The Bertz CT molecular complexity index is 595. The van der Waals surface area contributed by atoms with E-state index in [0.717, 1.165) is 43.0 Å². The number of hydrogen-bond acceptors (Lipinski definition) is 5. The number of amides is 1. The highest BCUT2D eigenvalue weighted by atomic mass is 16.6. The number of ether oxygens (including phenoxy) is 1. The van der Waals surface area contributed by atoms with Crippen LogP contribution in [-0.4, -0.2) is 55.9 Å². The number of nitrogens with one attached hydrogen (secondary N) is 1. The molecule has 1 unspecified atom stereocenters. The van der Waals surface area contributed by atoms with Crippen LogP contribution in [-0.2, 0) is 9.63 Å². The van der Waals surface area contributed by atoms with Crippen LogP contribution in [0.3, 0.4) is 0 Å². The van der Waals surface area contributed by atoms with E-state index in [1.807, 2.05) is 24.3 Å². The molecule has 1 amide bonds. The van der Waals surface area contributed by atoms with Gasteiger partial charge in [-0.3, -0.25) is 4.79 Å². The molecule has 6 nitrogen and oxygen atoms in total. The maximum atomic E-state index is 12.4. The number of para-hydroxylation sites is 1. The van der Waals surface area contributed by atoms with E-state index in [4.69, 9.17) is 9.57 Å². The third-order valence-corrected chi connectivity index (χ3v) is 4.44. The normalized spacial score (nSPS) is 22.3. The fourth-order valence-electron chi connectivity index (χ4n) is 3.01. The maximum Gasteiger partial charge on any atom is 0.264 e. The lowest BCUT2D eigenvalue weighted by Gasteiger charge is -2.29. The maximum absolute atomic E-state index is 12.4. The summed E-state index contributed by atoms with van der Waals surface area (Å²) in [5.74, 6) is 0.666. The average molecular weight is 317 g/mol. The summed E-state index contributed by atoms with van der Waals surface area (Å²) in [6, 6.07) is 7.87. The Morgan fingerprint density at radius 2 is 2.09 bits per heavy atom. The van der Waals surface area contributed by atoms with E-state index in [1.165, 1.54) is 0 Å². The topological polar surface area (TPSA) is 63.2 Å². The van der Waals surface area contributed by atoms with Crippen LogP contribution in [0.25, 0.3) is 0 Å². The van der Waals surface area contributed by atoms with Crippen LogP contribution in [0.5, 0.6) is 5.75 Å². The number of rotatable bonds is 4. The fraction of sp³-hybridized carbons (Fsp3) is 0.529. The van der Waals surface area contributed by atoms with Crippen molar-refractivity contribution in [3.05, 3.63) is 29.8 Å². The Morgan fingerprint density at radius 1 is 1.35 bits per heavy atom. The van der Waals surface area contributed by atoms with E-state index >= 15 is 0 Å². The largest absolute Gasteiger partial charge is 0.496 e. The van der Waals surface area contributed by atoms with E-state index in [-0.39, 0.29) is 11.9 Å². The third-order valence-electron chi connectivity index (χ3n) is 4.44. The van der Waals surface area contributed by atoms with E-state index in [0.29, 0.717) is 6.42 Å². The molecule has 1 aromatic carbocycles. The van der Waals surface area contributed by atoms with Gasteiger partial charge in [-0.15, -0.1) is 0 Å². The van der Waals surface area contributed by atoms with Crippen molar-refractivity contribution in [2.45, 2.75) is 31.4 Å². The molecule has 124 valence electrons. The number of nitrogens with zero attached hydrogens (tertiary/aromatic N) is 2. The third kappa shape index (κ3) is 3.64. The highest BCUT2D eigenvalue weighted by molar-refractivity contribution is 6.05. The van der Waals surface area contributed by atoms with Gasteiger partial charge in [-0.2, -0.15) is 0 Å². The summed E-state index contributed by atoms with van der Waals surface area (Å²) >= 11 is 0. The molecular formula is C17H23N3O3. The highest BCUT2D eigenvalue weighted by Crippen LogP contribution is 2.24. The molecule has 1 atom stereocenters. The predicted molar refractivity (Wildman–Crippen MR) is 87.7 cm³/mol. The van der Waals surface area contributed by atoms with Crippen molar-refractivity contribution in [2.75, 3.05) is 27.2 Å². The first-order chi connectivity index (χ1) is 11.2. The second kappa shape index (κ2) is 7.00. The number of piperidine rings is 1. The van der Waals surface area contributed by atoms with Gasteiger partial charge in [0.15, 0.2) is 0 Å². The molecule has 0 bridgehead atoms. The summed E-state index contributed by atoms with van der Waals surface area (Å²) in [7, 11) is 3.73. The standard InChI is InChI=1S/C17H23N3O3/c1-20-9-7-12(8-10-20)18-17(21)16-11-14(19-23-16)13-5-3-4-6-15(13)22-2/h3-6,12,16H,7-11H2,1-2H3,(H,18,21). The van der Waals surface area contributed by atoms with Crippen LogP contribution < -0.4 is 10.1 Å². The van der Waals surface area contributed by atoms with Gasteiger partial charge >= 0.3 is 0 Å². The van der Waals surface area contributed by atoms with Crippen molar-refractivity contribution >= 4 is 11.6 Å². The number of carbonyl (C=O) groups excluding carboxylic acids is 1. The van der Waals surface area contributed by atoms with Gasteiger partial charge in [0.1, 0.15) is 5.75 Å². The number of methoxy groups -OCH3 is 1. The van der Waals surface area contributed by atoms with E-state index in [1.54, 1.807) is 7.11 Å².